The number of rotatable bonds is 8. The molecular formula is C18H19FN4O3S. The first-order chi connectivity index (χ1) is 13.1. The van der Waals surface area contributed by atoms with Crippen LogP contribution in [0.25, 0.3) is 11.4 Å². The molecule has 3 rings (SSSR count). The fourth-order valence-corrected chi connectivity index (χ4v) is 3.07. The summed E-state index contributed by atoms with van der Waals surface area (Å²) in [6.07, 6.45) is 0. The maximum absolute atomic E-state index is 13.5. The van der Waals surface area contributed by atoms with E-state index < -0.39 is 0 Å². The van der Waals surface area contributed by atoms with Crippen molar-refractivity contribution in [3.63, 3.8) is 0 Å². The molecule has 0 radical (unpaired) electrons. The molecule has 1 aromatic heterocycles. The van der Waals surface area contributed by atoms with Gasteiger partial charge in [0.15, 0.2) is 28.9 Å². The number of halogens is 1. The lowest BCUT2D eigenvalue weighted by molar-refractivity contribution is 0.325. The largest absolute Gasteiger partial charge is 0.493 e. The van der Waals surface area contributed by atoms with Gasteiger partial charge in [-0.1, -0.05) is 23.9 Å². The average Bonchev–Trinajstić information content (AvgIpc) is 3.06. The van der Waals surface area contributed by atoms with Crippen molar-refractivity contribution in [2.45, 2.75) is 5.16 Å². The van der Waals surface area contributed by atoms with Crippen LogP contribution in [-0.4, -0.2) is 41.5 Å². The highest BCUT2D eigenvalue weighted by Crippen LogP contribution is 2.32. The first-order valence-electron chi connectivity index (χ1n) is 8.07. The van der Waals surface area contributed by atoms with Gasteiger partial charge in [0.25, 0.3) is 0 Å². The highest BCUT2D eigenvalue weighted by atomic mass is 32.2. The van der Waals surface area contributed by atoms with Gasteiger partial charge in [0.05, 0.1) is 20.8 Å². The number of hydrogen-bond acceptors (Lipinski definition) is 7. The molecule has 27 heavy (non-hydrogen) atoms. The van der Waals surface area contributed by atoms with E-state index in [1.54, 1.807) is 44.6 Å². The van der Waals surface area contributed by atoms with Crippen molar-refractivity contribution < 1.29 is 18.6 Å². The SMILES string of the molecule is COc1ccc(-c2nnc(SCCOc3ccccc3F)n2N)cc1OC. The normalized spacial score (nSPS) is 10.6. The summed E-state index contributed by atoms with van der Waals surface area (Å²) in [5.74, 6) is 8.17. The first-order valence-corrected chi connectivity index (χ1v) is 9.05. The maximum Gasteiger partial charge on any atom is 0.210 e. The minimum Gasteiger partial charge on any atom is -0.493 e. The van der Waals surface area contributed by atoms with Crippen LogP contribution >= 0.6 is 11.8 Å². The lowest BCUT2D eigenvalue weighted by Crippen LogP contribution is -2.12. The Morgan fingerprint density at radius 3 is 2.56 bits per heavy atom. The predicted octanol–water partition coefficient (Wildman–Crippen LogP) is 2.99. The second kappa shape index (κ2) is 8.63. The number of nitrogen functional groups attached to an aromatic ring is 1. The van der Waals surface area contributed by atoms with Gasteiger partial charge in [-0.05, 0) is 30.3 Å². The van der Waals surface area contributed by atoms with Crippen molar-refractivity contribution in [1.29, 1.82) is 0 Å². The molecule has 0 atom stereocenters. The molecule has 0 saturated heterocycles. The molecule has 0 aliphatic carbocycles. The quantitative estimate of drug-likeness (QED) is 0.360. The summed E-state index contributed by atoms with van der Waals surface area (Å²) in [7, 11) is 3.13. The Morgan fingerprint density at radius 2 is 1.81 bits per heavy atom. The number of aromatic nitrogens is 3. The van der Waals surface area contributed by atoms with Crippen molar-refractivity contribution in [2.24, 2.45) is 0 Å². The van der Waals surface area contributed by atoms with Gasteiger partial charge in [0, 0.05) is 11.3 Å². The molecular weight excluding hydrogens is 371 g/mol. The van der Waals surface area contributed by atoms with E-state index in [2.05, 4.69) is 10.2 Å². The minimum absolute atomic E-state index is 0.221. The Labute approximate surface area is 160 Å². The monoisotopic (exact) mass is 390 g/mol. The van der Waals surface area contributed by atoms with Gasteiger partial charge in [-0.3, -0.25) is 0 Å². The lowest BCUT2D eigenvalue weighted by atomic mass is 10.2. The van der Waals surface area contributed by atoms with Gasteiger partial charge in [0.2, 0.25) is 5.16 Å². The number of hydrogen-bond donors (Lipinski definition) is 1. The summed E-state index contributed by atoms with van der Waals surface area (Å²) < 4.78 is 30.9. The third-order valence-electron chi connectivity index (χ3n) is 3.71. The highest BCUT2D eigenvalue weighted by Gasteiger charge is 2.14. The van der Waals surface area contributed by atoms with E-state index >= 15 is 0 Å². The number of para-hydroxylation sites is 1. The average molecular weight is 390 g/mol. The Hall–Kier alpha value is -2.94. The maximum atomic E-state index is 13.5. The van der Waals surface area contributed by atoms with E-state index in [0.29, 0.717) is 34.8 Å². The van der Waals surface area contributed by atoms with Crippen LogP contribution in [0.4, 0.5) is 4.39 Å². The van der Waals surface area contributed by atoms with Crippen LogP contribution in [0.1, 0.15) is 0 Å². The number of nitrogens with zero attached hydrogens (tertiary/aromatic N) is 3. The standard InChI is InChI=1S/C18H19FN4O3S/c1-24-15-8-7-12(11-16(15)25-2)17-21-22-18(23(17)20)27-10-9-26-14-6-4-3-5-13(14)19/h3-8,11H,9-10,20H2,1-2H3. The van der Waals surface area contributed by atoms with Gasteiger partial charge >= 0.3 is 0 Å². The Bertz CT molecular complexity index is 919. The Morgan fingerprint density at radius 1 is 1.04 bits per heavy atom. The molecule has 0 aliphatic heterocycles. The molecule has 0 spiro atoms. The minimum atomic E-state index is -0.389. The van der Waals surface area contributed by atoms with Gasteiger partial charge in [-0.15, -0.1) is 10.2 Å². The molecule has 9 heteroatoms. The smallest absolute Gasteiger partial charge is 0.210 e. The Balaban J connectivity index is 1.64. The van der Waals surface area contributed by atoms with Crippen molar-refractivity contribution in [3.8, 4) is 28.6 Å². The zero-order valence-corrected chi connectivity index (χ0v) is 15.7. The third-order valence-corrected chi connectivity index (χ3v) is 4.62. The Kier molecular flexibility index (Phi) is 6.02. The van der Waals surface area contributed by atoms with Crippen LogP contribution in [0.15, 0.2) is 47.6 Å². The van der Waals surface area contributed by atoms with E-state index in [-0.39, 0.29) is 11.6 Å². The van der Waals surface area contributed by atoms with E-state index in [1.807, 2.05) is 6.07 Å². The lowest BCUT2D eigenvalue weighted by Gasteiger charge is -2.09. The molecule has 7 nitrogen and oxygen atoms in total. The number of ether oxygens (including phenoxy) is 3. The predicted molar refractivity (Wildman–Crippen MR) is 101 cm³/mol. The van der Waals surface area contributed by atoms with E-state index in [9.17, 15) is 4.39 Å². The second-order valence-electron chi connectivity index (χ2n) is 5.37. The molecule has 0 fully saturated rings. The molecule has 142 valence electrons. The molecule has 0 bridgehead atoms. The summed E-state index contributed by atoms with van der Waals surface area (Å²) in [6.45, 7) is 0.310. The summed E-state index contributed by atoms with van der Waals surface area (Å²) in [5.41, 5.74) is 0.747. The molecule has 2 aromatic carbocycles. The summed E-state index contributed by atoms with van der Waals surface area (Å²) in [5, 5.41) is 8.76. The first kappa shape index (κ1) is 18.8. The zero-order chi connectivity index (χ0) is 19.2. The number of nitrogens with two attached hydrogens (primary N) is 1. The molecule has 0 unspecified atom stereocenters. The summed E-state index contributed by atoms with van der Waals surface area (Å²) in [6, 6.07) is 11.7. The van der Waals surface area contributed by atoms with E-state index in [0.717, 1.165) is 5.56 Å². The highest BCUT2D eigenvalue weighted by molar-refractivity contribution is 7.99. The number of benzene rings is 2. The molecule has 2 N–H and O–H groups in total. The van der Waals surface area contributed by atoms with Crippen LogP contribution < -0.4 is 20.1 Å². The number of methoxy groups -OCH3 is 2. The fraction of sp³-hybridized carbons (Fsp3) is 0.222. The van der Waals surface area contributed by atoms with E-state index in [4.69, 9.17) is 20.1 Å². The van der Waals surface area contributed by atoms with Crippen molar-refractivity contribution >= 4 is 11.8 Å². The van der Waals surface area contributed by atoms with Crippen LogP contribution in [0.3, 0.4) is 0 Å². The summed E-state index contributed by atoms with van der Waals surface area (Å²) >= 11 is 1.37. The molecule has 0 aliphatic rings. The van der Waals surface area contributed by atoms with Crippen molar-refractivity contribution in [2.75, 3.05) is 32.4 Å². The molecule has 3 aromatic rings. The van der Waals surface area contributed by atoms with Crippen LogP contribution in [0.2, 0.25) is 0 Å². The van der Waals surface area contributed by atoms with Crippen molar-refractivity contribution in [1.82, 2.24) is 14.9 Å². The molecule has 1 heterocycles. The van der Waals surface area contributed by atoms with Gasteiger partial charge in [0.1, 0.15) is 0 Å². The van der Waals surface area contributed by atoms with Crippen molar-refractivity contribution in [3.05, 3.63) is 48.3 Å². The van der Waals surface area contributed by atoms with Crippen LogP contribution in [-0.2, 0) is 0 Å². The molecule has 0 saturated carbocycles. The van der Waals surface area contributed by atoms with Gasteiger partial charge < -0.3 is 20.1 Å². The molecule has 0 amide bonds. The zero-order valence-electron chi connectivity index (χ0n) is 14.9. The van der Waals surface area contributed by atoms with Gasteiger partial charge in [-0.25, -0.2) is 9.07 Å². The van der Waals surface area contributed by atoms with Gasteiger partial charge in [-0.2, -0.15) is 0 Å². The third kappa shape index (κ3) is 4.25. The second-order valence-corrected chi connectivity index (χ2v) is 6.44. The summed E-state index contributed by atoms with van der Waals surface area (Å²) in [4.78, 5) is 0. The van der Waals surface area contributed by atoms with Crippen LogP contribution in [0, 0.1) is 5.82 Å². The van der Waals surface area contributed by atoms with Crippen LogP contribution in [0.5, 0.6) is 17.2 Å². The van der Waals surface area contributed by atoms with E-state index in [1.165, 1.54) is 22.5 Å². The topological polar surface area (TPSA) is 84.4 Å². The fourth-order valence-electron chi connectivity index (χ4n) is 2.39. The number of thioether (sulfide) groups is 1.